The first-order valence-corrected chi connectivity index (χ1v) is 16.7. The van der Waals surface area contributed by atoms with E-state index < -0.39 is 5.97 Å². The third-order valence-corrected chi connectivity index (χ3v) is 7.72. The van der Waals surface area contributed by atoms with Crippen LogP contribution in [0.3, 0.4) is 0 Å². The molecule has 2 amide bonds. The van der Waals surface area contributed by atoms with Crippen molar-refractivity contribution in [2.24, 2.45) is 0 Å². The molecule has 2 N–H and O–H groups in total. The van der Waals surface area contributed by atoms with Gasteiger partial charge in [0.25, 0.3) is 12.4 Å². The van der Waals surface area contributed by atoms with Crippen LogP contribution in [0.15, 0.2) is 97.1 Å². The number of carbonyl (C=O) groups excluding carboxylic acids is 3. The number of amides is 2. The summed E-state index contributed by atoms with van der Waals surface area (Å²) in [5.74, 6) is 1.17. The molecule has 264 valence electrons. The fourth-order valence-corrected chi connectivity index (χ4v) is 4.97. The first kappa shape index (κ1) is 38.8. The number of rotatable bonds is 17. The number of hydrogen-bond acceptors (Lipinski definition) is 7. The quantitative estimate of drug-likeness (QED) is 0.0499. The smallest absolute Gasteiger partial charge is 0.343 e. The molecule has 0 aliphatic heterocycles. The van der Waals surface area contributed by atoms with Crippen LogP contribution in [-0.4, -0.2) is 54.5 Å². The van der Waals surface area contributed by atoms with Gasteiger partial charge in [-0.25, -0.2) is 4.79 Å². The van der Waals surface area contributed by atoms with Crippen LogP contribution in [0.5, 0.6) is 17.2 Å². The normalized spacial score (nSPS) is 10.2. The Bertz CT molecular complexity index is 1620. The Balaban J connectivity index is 0.00000217. The molecule has 0 fully saturated rings. The highest BCUT2D eigenvalue weighted by Crippen LogP contribution is 2.20. The molecule has 0 heterocycles. The lowest BCUT2D eigenvalue weighted by atomic mass is 10.1. The lowest BCUT2D eigenvalue weighted by Crippen LogP contribution is -2.30. The lowest BCUT2D eigenvalue weighted by Gasteiger charge is -2.21. The van der Waals surface area contributed by atoms with Crippen molar-refractivity contribution in [1.29, 1.82) is 0 Å². The van der Waals surface area contributed by atoms with E-state index in [1.807, 2.05) is 43.3 Å². The molecule has 4 aromatic rings. The molecule has 0 aliphatic carbocycles. The summed E-state index contributed by atoms with van der Waals surface area (Å²) in [6.07, 6.45) is 6.11. The van der Waals surface area contributed by atoms with E-state index in [1.165, 1.54) is 19.3 Å². The van der Waals surface area contributed by atoms with Gasteiger partial charge in [-0.05, 0) is 97.3 Å². The Morgan fingerprint density at radius 2 is 1.28 bits per heavy atom. The molecule has 0 unspecified atom stereocenters. The average Bonchev–Trinajstić information content (AvgIpc) is 3.13. The molecule has 0 spiro atoms. The average molecular weight is 683 g/mol. The summed E-state index contributed by atoms with van der Waals surface area (Å²) in [6, 6.07) is 28.4. The standard InChI is InChI=1S/C39H44N2O6.CH2O2/c1-4-6-7-8-9-26-46-35-24-16-32(17-25-35)39(44)47-36-22-12-30(13-23-36)28-41(5-2)38(43)31-14-18-33(19-15-31)40-37(42)27-29-10-20-34(45-3)21-11-29;2-1-3/h10-25H,4-9,26-28H2,1-3H3,(H,40,42);1H,(H,2,3). The zero-order valence-corrected chi connectivity index (χ0v) is 28.9. The summed E-state index contributed by atoms with van der Waals surface area (Å²) in [6.45, 7) is 5.44. The molecule has 4 rings (SSSR count). The largest absolute Gasteiger partial charge is 0.497 e. The highest BCUT2D eigenvalue weighted by molar-refractivity contribution is 5.96. The predicted octanol–water partition coefficient (Wildman–Crippen LogP) is 7.81. The Kier molecular flexibility index (Phi) is 16.6. The Hall–Kier alpha value is -5.64. The second kappa shape index (κ2) is 21.4. The number of carboxylic acid groups (broad SMARTS) is 1. The van der Waals surface area contributed by atoms with Crippen molar-refractivity contribution in [1.82, 2.24) is 4.90 Å². The Labute approximate surface area is 294 Å². The van der Waals surface area contributed by atoms with Crippen molar-refractivity contribution in [2.45, 2.75) is 58.9 Å². The molecule has 0 aromatic heterocycles. The Morgan fingerprint density at radius 3 is 1.88 bits per heavy atom. The summed E-state index contributed by atoms with van der Waals surface area (Å²) in [4.78, 5) is 48.5. The monoisotopic (exact) mass is 682 g/mol. The van der Waals surface area contributed by atoms with Crippen LogP contribution in [0.1, 0.15) is 77.8 Å². The molecule has 50 heavy (non-hydrogen) atoms. The van der Waals surface area contributed by atoms with Gasteiger partial charge in [-0.2, -0.15) is 0 Å². The van der Waals surface area contributed by atoms with Crippen LogP contribution in [0, 0.1) is 0 Å². The minimum absolute atomic E-state index is 0.122. The minimum atomic E-state index is -0.449. The van der Waals surface area contributed by atoms with Crippen LogP contribution >= 0.6 is 0 Å². The SMILES string of the molecule is CCCCCCCOc1ccc(C(=O)Oc2ccc(CN(CC)C(=O)c3ccc(NC(=O)Cc4ccc(OC)cc4)cc3)cc2)cc1.O=CO. The Morgan fingerprint density at radius 1 is 0.720 bits per heavy atom. The molecule has 4 aromatic carbocycles. The number of benzene rings is 4. The number of nitrogens with one attached hydrogen (secondary N) is 1. The third kappa shape index (κ3) is 13.1. The van der Waals surface area contributed by atoms with Gasteiger partial charge < -0.3 is 29.5 Å². The molecule has 0 atom stereocenters. The van der Waals surface area contributed by atoms with Gasteiger partial charge in [0.1, 0.15) is 17.2 Å². The van der Waals surface area contributed by atoms with Crippen molar-refractivity contribution < 1.29 is 38.5 Å². The van der Waals surface area contributed by atoms with Crippen LogP contribution in [0.25, 0.3) is 0 Å². The van der Waals surface area contributed by atoms with Gasteiger partial charge in [0.2, 0.25) is 5.91 Å². The first-order valence-electron chi connectivity index (χ1n) is 16.7. The van der Waals surface area contributed by atoms with E-state index in [1.54, 1.807) is 72.7 Å². The number of carbonyl (C=O) groups is 4. The molecular formula is C40H46N2O8. The van der Waals surface area contributed by atoms with Crippen molar-refractivity contribution in [3.63, 3.8) is 0 Å². The molecule has 0 bridgehead atoms. The number of nitrogens with zero attached hydrogens (tertiary/aromatic N) is 1. The minimum Gasteiger partial charge on any atom is -0.497 e. The van der Waals surface area contributed by atoms with E-state index >= 15 is 0 Å². The van der Waals surface area contributed by atoms with E-state index in [9.17, 15) is 14.4 Å². The number of esters is 1. The summed E-state index contributed by atoms with van der Waals surface area (Å²) >= 11 is 0. The van der Waals surface area contributed by atoms with Crippen molar-refractivity contribution in [3.8, 4) is 17.2 Å². The van der Waals surface area contributed by atoms with E-state index in [4.69, 9.17) is 24.1 Å². The number of hydrogen-bond donors (Lipinski definition) is 2. The number of ether oxygens (including phenoxy) is 3. The molecule has 10 heteroatoms. The number of anilines is 1. The van der Waals surface area contributed by atoms with E-state index in [2.05, 4.69) is 12.2 Å². The highest BCUT2D eigenvalue weighted by Gasteiger charge is 2.16. The predicted molar refractivity (Wildman–Crippen MR) is 193 cm³/mol. The maximum Gasteiger partial charge on any atom is 0.343 e. The lowest BCUT2D eigenvalue weighted by molar-refractivity contribution is -0.123. The molecule has 0 saturated carbocycles. The summed E-state index contributed by atoms with van der Waals surface area (Å²) < 4.78 is 16.5. The van der Waals surface area contributed by atoms with Gasteiger partial charge >= 0.3 is 5.97 Å². The number of methoxy groups -OCH3 is 1. The fraction of sp³-hybridized carbons (Fsp3) is 0.300. The summed E-state index contributed by atoms with van der Waals surface area (Å²) in [5, 5.41) is 9.77. The van der Waals surface area contributed by atoms with Crippen LogP contribution < -0.4 is 19.5 Å². The van der Waals surface area contributed by atoms with Crippen LogP contribution in [0.2, 0.25) is 0 Å². The highest BCUT2D eigenvalue weighted by atomic mass is 16.5. The second-order valence-corrected chi connectivity index (χ2v) is 11.4. The van der Waals surface area contributed by atoms with Crippen molar-refractivity contribution in [2.75, 3.05) is 25.6 Å². The zero-order valence-electron chi connectivity index (χ0n) is 28.9. The van der Waals surface area contributed by atoms with E-state index in [-0.39, 0.29) is 24.7 Å². The van der Waals surface area contributed by atoms with E-state index in [0.717, 1.165) is 35.5 Å². The van der Waals surface area contributed by atoms with Gasteiger partial charge in [-0.3, -0.25) is 14.4 Å². The second-order valence-electron chi connectivity index (χ2n) is 11.4. The van der Waals surface area contributed by atoms with Gasteiger partial charge in [0.15, 0.2) is 0 Å². The summed E-state index contributed by atoms with van der Waals surface area (Å²) in [5.41, 5.74) is 3.35. The molecule has 0 aliphatic rings. The third-order valence-electron chi connectivity index (χ3n) is 7.72. The van der Waals surface area contributed by atoms with Crippen LogP contribution in [0.4, 0.5) is 5.69 Å². The topological polar surface area (TPSA) is 131 Å². The fourth-order valence-electron chi connectivity index (χ4n) is 4.97. The van der Waals surface area contributed by atoms with Gasteiger partial charge in [-0.1, -0.05) is 56.9 Å². The maximum absolute atomic E-state index is 13.3. The molecular weight excluding hydrogens is 636 g/mol. The van der Waals surface area contributed by atoms with E-state index in [0.29, 0.717) is 42.3 Å². The number of unbranched alkanes of at least 4 members (excludes halogenated alkanes) is 4. The van der Waals surface area contributed by atoms with Gasteiger partial charge in [0, 0.05) is 24.3 Å². The molecule has 0 saturated heterocycles. The van der Waals surface area contributed by atoms with Crippen molar-refractivity contribution in [3.05, 3.63) is 119 Å². The maximum atomic E-state index is 13.3. The van der Waals surface area contributed by atoms with Crippen molar-refractivity contribution >= 4 is 29.9 Å². The van der Waals surface area contributed by atoms with Crippen LogP contribution in [-0.2, 0) is 22.6 Å². The zero-order chi connectivity index (χ0) is 36.1. The van der Waals surface area contributed by atoms with Gasteiger partial charge in [0.05, 0.1) is 25.7 Å². The molecule has 0 radical (unpaired) electrons. The molecule has 10 nitrogen and oxygen atoms in total. The van der Waals surface area contributed by atoms with Gasteiger partial charge in [-0.15, -0.1) is 0 Å². The first-order chi connectivity index (χ1) is 24.3. The summed E-state index contributed by atoms with van der Waals surface area (Å²) in [7, 11) is 1.60.